The van der Waals surface area contributed by atoms with E-state index in [1.807, 2.05) is 13.8 Å². The van der Waals surface area contributed by atoms with Gasteiger partial charge >= 0.3 is 0 Å². The van der Waals surface area contributed by atoms with Crippen LogP contribution in [-0.4, -0.2) is 13.2 Å². The normalized spacial score (nSPS) is 14.9. The van der Waals surface area contributed by atoms with Gasteiger partial charge in [0, 0.05) is 17.5 Å². The third kappa shape index (κ3) is 2.04. The molecule has 14 heavy (non-hydrogen) atoms. The Kier molecular flexibility index (Phi) is 3.47. The van der Waals surface area contributed by atoms with Crippen molar-refractivity contribution in [3.63, 3.8) is 0 Å². The zero-order chi connectivity index (χ0) is 10.7. The largest absolute Gasteiger partial charge is 0.496 e. The molecular formula is C11H16FNO. The van der Waals surface area contributed by atoms with Gasteiger partial charge < -0.3 is 10.5 Å². The number of benzene rings is 1. The Labute approximate surface area is 83.9 Å². The molecule has 0 spiro atoms. The summed E-state index contributed by atoms with van der Waals surface area (Å²) in [6.07, 6.45) is 0. The lowest BCUT2D eigenvalue weighted by atomic mass is 9.93. The lowest BCUT2D eigenvalue weighted by Gasteiger charge is -2.19. The van der Waals surface area contributed by atoms with E-state index in [4.69, 9.17) is 10.5 Å². The van der Waals surface area contributed by atoms with E-state index in [-0.39, 0.29) is 17.8 Å². The lowest BCUT2D eigenvalue weighted by molar-refractivity contribution is 0.396. The molecule has 1 aromatic carbocycles. The summed E-state index contributed by atoms with van der Waals surface area (Å²) in [6, 6.07) is 4.71. The van der Waals surface area contributed by atoms with Crippen LogP contribution in [0, 0.1) is 5.82 Å². The van der Waals surface area contributed by atoms with Crippen molar-refractivity contribution in [3.05, 3.63) is 29.6 Å². The fraction of sp³-hybridized carbons (Fsp3) is 0.455. The maximum atomic E-state index is 13.5. The van der Waals surface area contributed by atoms with E-state index in [1.54, 1.807) is 12.1 Å². The highest BCUT2D eigenvalue weighted by molar-refractivity contribution is 5.37. The molecule has 0 radical (unpaired) electrons. The summed E-state index contributed by atoms with van der Waals surface area (Å²) in [5.74, 6) is 0.259. The molecule has 0 amide bonds. The van der Waals surface area contributed by atoms with E-state index in [0.717, 1.165) is 0 Å². The van der Waals surface area contributed by atoms with E-state index in [0.29, 0.717) is 11.3 Å². The van der Waals surface area contributed by atoms with Crippen molar-refractivity contribution in [3.8, 4) is 5.75 Å². The molecular weight excluding hydrogens is 181 g/mol. The quantitative estimate of drug-likeness (QED) is 0.806. The maximum Gasteiger partial charge on any atom is 0.130 e. The van der Waals surface area contributed by atoms with Crippen LogP contribution in [0.2, 0.25) is 0 Å². The van der Waals surface area contributed by atoms with Crippen LogP contribution in [-0.2, 0) is 0 Å². The molecule has 78 valence electrons. The summed E-state index contributed by atoms with van der Waals surface area (Å²) in [6.45, 7) is 3.75. The predicted octanol–water partition coefficient (Wildman–Crippen LogP) is 2.29. The summed E-state index contributed by atoms with van der Waals surface area (Å²) in [5, 5.41) is 0. The van der Waals surface area contributed by atoms with Gasteiger partial charge in [-0.3, -0.25) is 0 Å². The van der Waals surface area contributed by atoms with E-state index in [2.05, 4.69) is 0 Å². The number of hydrogen-bond donors (Lipinski definition) is 1. The van der Waals surface area contributed by atoms with Gasteiger partial charge in [0.1, 0.15) is 11.6 Å². The summed E-state index contributed by atoms with van der Waals surface area (Å²) in [4.78, 5) is 0. The molecule has 2 N–H and O–H groups in total. The van der Waals surface area contributed by atoms with Crippen LogP contribution in [0.25, 0.3) is 0 Å². The SMILES string of the molecule is COc1cccc(F)c1C(C)C(C)N. The number of methoxy groups -OCH3 is 1. The van der Waals surface area contributed by atoms with Crippen LogP contribution in [0.5, 0.6) is 5.75 Å². The molecule has 0 saturated heterocycles. The Balaban J connectivity index is 3.16. The molecule has 0 aliphatic rings. The third-order valence-electron chi connectivity index (χ3n) is 2.48. The highest BCUT2D eigenvalue weighted by Gasteiger charge is 2.19. The number of nitrogens with two attached hydrogens (primary N) is 1. The van der Waals surface area contributed by atoms with Crippen LogP contribution in [0.1, 0.15) is 25.3 Å². The minimum absolute atomic E-state index is 0.0499. The van der Waals surface area contributed by atoms with Gasteiger partial charge in [-0.05, 0) is 19.1 Å². The molecule has 0 aliphatic heterocycles. The van der Waals surface area contributed by atoms with Crippen molar-refractivity contribution < 1.29 is 9.13 Å². The van der Waals surface area contributed by atoms with Gasteiger partial charge in [-0.15, -0.1) is 0 Å². The van der Waals surface area contributed by atoms with Crippen molar-refractivity contribution in [2.75, 3.05) is 7.11 Å². The molecule has 3 heteroatoms. The van der Waals surface area contributed by atoms with Crippen molar-refractivity contribution in [1.82, 2.24) is 0 Å². The fourth-order valence-corrected chi connectivity index (χ4v) is 1.40. The maximum absolute atomic E-state index is 13.5. The first-order chi connectivity index (χ1) is 6.57. The second-order valence-electron chi connectivity index (χ2n) is 3.50. The van der Waals surface area contributed by atoms with Crippen LogP contribution >= 0.6 is 0 Å². The minimum Gasteiger partial charge on any atom is -0.496 e. The Bertz CT molecular complexity index is 312. The topological polar surface area (TPSA) is 35.2 Å². The molecule has 0 aromatic heterocycles. The summed E-state index contributed by atoms with van der Waals surface area (Å²) < 4.78 is 18.6. The summed E-state index contributed by atoms with van der Waals surface area (Å²) in [5.41, 5.74) is 6.30. The van der Waals surface area contributed by atoms with Gasteiger partial charge in [0.25, 0.3) is 0 Å². The summed E-state index contributed by atoms with van der Waals surface area (Å²) >= 11 is 0. The molecule has 0 saturated carbocycles. The third-order valence-corrected chi connectivity index (χ3v) is 2.48. The highest BCUT2D eigenvalue weighted by Crippen LogP contribution is 2.30. The molecule has 0 heterocycles. The lowest BCUT2D eigenvalue weighted by Crippen LogP contribution is -2.23. The Morgan fingerprint density at radius 2 is 2.00 bits per heavy atom. The molecule has 2 atom stereocenters. The predicted molar refractivity (Wildman–Crippen MR) is 55.0 cm³/mol. The average Bonchev–Trinajstić information content (AvgIpc) is 2.16. The minimum atomic E-state index is -0.255. The number of halogens is 1. The first-order valence-electron chi connectivity index (χ1n) is 4.66. The molecule has 0 fully saturated rings. The van der Waals surface area contributed by atoms with E-state index in [9.17, 15) is 4.39 Å². The Morgan fingerprint density at radius 1 is 1.36 bits per heavy atom. The fourth-order valence-electron chi connectivity index (χ4n) is 1.40. The zero-order valence-corrected chi connectivity index (χ0v) is 8.75. The van der Waals surface area contributed by atoms with E-state index < -0.39 is 0 Å². The smallest absolute Gasteiger partial charge is 0.130 e. The monoisotopic (exact) mass is 197 g/mol. The highest BCUT2D eigenvalue weighted by atomic mass is 19.1. The molecule has 0 bridgehead atoms. The molecule has 1 rings (SSSR count). The van der Waals surface area contributed by atoms with Crippen LogP contribution in [0.4, 0.5) is 4.39 Å². The van der Waals surface area contributed by atoms with Gasteiger partial charge in [0.2, 0.25) is 0 Å². The van der Waals surface area contributed by atoms with E-state index in [1.165, 1.54) is 13.2 Å². The molecule has 2 nitrogen and oxygen atoms in total. The zero-order valence-electron chi connectivity index (χ0n) is 8.75. The first-order valence-corrected chi connectivity index (χ1v) is 4.66. The van der Waals surface area contributed by atoms with E-state index >= 15 is 0 Å². The standard InChI is InChI=1S/C11H16FNO/c1-7(8(2)13)11-9(12)5-4-6-10(11)14-3/h4-8H,13H2,1-3H3. The van der Waals surface area contributed by atoms with Crippen molar-refractivity contribution >= 4 is 0 Å². The van der Waals surface area contributed by atoms with Gasteiger partial charge in [0.15, 0.2) is 0 Å². The van der Waals surface area contributed by atoms with Crippen molar-refractivity contribution in [1.29, 1.82) is 0 Å². The molecule has 0 aliphatic carbocycles. The number of hydrogen-bond acceptors (Lipinski definition) is 2. The van der Waals surface area contributed by atoms with Crippen LogP contribution in [0.3, 0.4) is 0 Å². The van der Waals surface area contributed by atoms with Crippen LogP contribution in [0.15, 0.2) is 18.2 Å². The number of rotatable bonds is 3. The van der Waals surface area contributed by atoms with Gasteiger partial charge in [0.05, 0.1) is 7.11 Å². The van der Waals surface area contributed by atoms with Gasteiger partial charge in [-0.25, -0.2) is 4.39 Å². The average molecular weight is 197 g/mol. The second kappa shape index (κ2) is 4.42. The van der Waals surface area contributed by atoms with Crippen LogP contribution < -0.4 is 10.5 Å². The van der Waals surface area contributed by atoms with Gasteiger partial charge in [-0.2, -0.15) is 0 Å². The molecule has 2 unspecified atom stereocenters. The van der Waals surface area contributed by atoms with Gasteiger partial charge in [-0.1, -0.05) is 13.0 Å². The molecule has 1 aromatic rings. The van der Waals surface area contributed by atoms with Crippen molar-refractivity contribution in [2.45, 2.75) is 25.8 Å². The Hall–Kier alpha value is -1.09. The first kappa shape index (κ1) is 11.0. The Morgan fingerprint density at radius 3 is 2.50 bits per heavy atom. The van der Waals surface area contributed by atoms with Crippen molar-refractivity contribution in [2.24, 2.45) is 5.73 Å². The number of ether oxygens (including phenoxy) is 1. The second-order valence-corrected chi connectivity index (χ2v) is 3.50. The summed E-state index contributed by atoms with van der Waals surface area (Å²) in [7, 11) is 1.53.